The van der Waals surface area contributed by atoms with Crippen LogP contribution in [0.4, 0.5) is 0 Å². The molecule has 1 atom stereocenters. The summed E-state index contributed by atoms with van der Waals surface area (Å²) in [5, 5.41) is 6.76. The minimum Gasteiger partial charge on any atom is -0.357 e. The first-order chi connectivity index (χ1) is 13.7. The van der Waals surface area contributed by atoms with Crippen molar-refractivity contribution < 1.29 is 4.79 Å². The third kappa shape index (κ3) is 6.73. The number of likely N-dealkylation sites (tertiary alicyclic amines) is 1. The average molecular weight is 510 g/mol. The number of hydrogen-bond acceptors (Lipinski definition) is 3. The number of aliphatic imine (C=N–C) groups is 1. The Morgan fingerprint density at radius 1 is 1.28 bits per heavy atom. The molecule has 1 amide bonds. The van der Waals surface area contributed by atoms with E-state index in [1.807, 2.05) is 42.4 Å². The van der Waals surface area contributed by atoms with Crippen LogP contribution in [0.15, 0.2) is 47.7 Å². The highest BCUT2D eigenvalue weighted by molar-refractivity contribution is 14.0. The minimum absolute atomic E-state index is 0. The van der Waals surface area contributed by atoms with Gasteiger partial charge in [-0.1, -0.05) is 37.3 Å². The van der Waals surface area contributed by atoms with Gasteiger partial charge in [0, 0.05) is 51.0 Å². The molecule has 0 spiro atoms. The van der Waals surface area contributed by atoms with Gasteiger partial charge >= 0.3 is 0 Å². The van der Waals surface area contributed by atoms with Crippen molar-refractivity contribution in [3.8, 4) is 0 Å². The number of rotatable bonds is 7. The van der Waals surface area contributed by atoms with E-state index in [1.54, 1.807) is 0 Å². The van der Waals surface area contributed by atoms with Gasteiger partial charge < -0.3 is 20.1 Å². The number of nitrogens with one attached hydrogen (secondary N) is 2. The van der Waals surface area contributed by atoms with Gasteiger partial charge in [-0.3, -0.25) is 4.79 Å². The molecule has 8 heteroatoms. The van der Waals surface area contributed by atoms with Crippen molar-refractivity contribution >= 4 is 35.8 Å². The maximum absolute atomic E-state index is 11.9. The first-order valence-corrected chi connectivity index (χ1v) is 10.1. The van der Waals surface area contributed by atoms with Crippen molar-refractivity contribution in [1.82, 2.24) is 25.1 Å². The quantitative estimate of drug-likeness (QED) is 0.341. The molecule has 1 aromatic carbocycles. The van der Waals surface area contributed by atoms with E-state index in [-0.39, 0.29) is 35.9 Å². The van der Waals surface area contributed by atoms with Crippen LogP contribution in [0.5, 0.6) is 0 Å². The fourth-order valence-corrected chi connectivity index (χ4v) is 3.41. The Bertz CT molecular complexity index is 791. The normalized spacial score (nSPS) is 16.4. The molecule has 158 valence electrons. The highest BCUT2D eigenvalue weighted by Crippen LogP contribution is 2.11. The molecule has 1 fully saturated rings. The summed E-state index contributed by atoms with van der Waals surface area (Å²) in [6.07, 6.45) is 5.31. The van der Waals surface area contributed by atoms with E-state index in [1.165, 1.54) is 5.56 Å². The van der Waals surface area contributed by atoms with Crippen molar-refractivity contribution in [2.45, 2.75) is 45.8 Å². The topological polar surface area (TPSA) is 74.6 Å². The molecule has 1 saturated heterocycles. The summed E-state index contributed by atoms with van der Waals surface area (Å²) in [7, 11) is 0. The summed E-state index contributed by atoms with van der Waals surface area (Å²) >= 11 is 0. The van der Waals surface area contributed by atoms with Gasteiger partial charge in [-0.2, -0.15) is 0 Å². The molecule has 2 N–H and O–H groups in total. The van der Waals surface area contributed by atoms with E-state index < -0.39 is 0 Å². The Balaban J connectivity index is 0.00000300. The van der Waals surface area contributed by atoms with E-state index in [0.29, 0.717) is 13.0 Å². The lowest BCUT2D eigenvalue weighted by Gasteiger charge is -2.18. The van der Waals surface area contributed by atoms with Crippen molar-refractivity contribution in [3.63, 3.8) is 0 Å². The van der Waals surface area contributed by atoms with Crippen LogP contribution in [0.2, 0.25) is 0 Å². The Morgan fingerprint density at radius 2 is 2.07 bits per heavy atom. The van der Waals surface area contributed by atoms with E-state index in [0.717, 1.165) is 44.4 Å². The van der Waals surface area contributed by atoms with Gasteiger partial charge in [0.1, 0.15) is 12.4 Å². The first kappa shape index (κ1) is 23.2. The zero-order valence-electron chi connectivity index (χ0n) is 17.2. The fourth-order valence-electron chi connectivity index (χ4n) is 3.41. The lowest BCUT2D eigenvalue weighted by atomic mass is 10.2. The van der Waals surface area contributed by atoms with Crippen molar-refractivity contribution in [2.75, 3.05) is 19.6 Å². The largest absolute Gasteiger partial charge is 0.357 e. The fraction of sp³-hybridized carbons (Fsp3) is 0.476. The van der Waals surface area contributed by atoms with Crippen LogP contribution < -0.4 is 10.6 Å². The highest BCUT2D eigenvalue weighted by atomic mass is 127. The Labute approximate surface area is 190 Å². The third-order valence-electron chi connectivity index (χ3n) is 4.90. The van der Waals surface area contributed by atoms with Crippen molar-refractivity contribution in [2.24, 2.45) is 4.99 Å². The van der Waals surface area contributed by atoms with Crippen LogP contribution in [0.3, 0.4) is 0 Å². The van der Waals surface area contributed by atoms with Crippen LogP contribution in [-0.2, 0) is 17.9 Å². The summed E-state index contributed by atoms with van der Waals surface area (Å²) in [6, 6.07) is 10.6. The smallest absolute Gasteiger partial charge is 0.222 e. The lowest BCUT2D eigenvalue weighted by molar-refractivity contribution is -0.129. The summed E-state index contributed by atoms with van der Waals surface area (Å²) < 4.78 is 2.12. The van der Waals surface area contributed by atoms with Gasteiger partial charge in [0.25, 0.3) is 0 Å². The maximum atomic E-state index is 11.9. The molecule has 2 heterocycles. The van der Waals surface area contributed by atoms with Gasteiger partial charge in [-0.05, 0) is 18.9 Å². The molecule has 1 aliphatic heterocycles. The number of carbonyl (C=O) groups excluding carboxylic acids is 1. The van der Waals surface area contributed by atoms with E-state index in [9.17, 15) is 4.79 Å². The predicted octanol–water partition coefficient (Wildman–Crippen LogP) is 2.62. The summed E-state index contributed by atoms with van der Waals surface area (Å²) in [5.74, 6) is 1.91. The monoisotopic (exact) mass is 510 g/mol. The average Bonchev–Trinajstić information content (AvgIpc) is 3.36. The van der Waals surface area contributed by atoms with E-state index in [2.05, 4.69) is 39.2 Å². The molecule has 1 unspecified atom stereocenters. The van der Waals surface area contributed by atoms with Crippen LogP contribution in [0.1, 0.15) is 38.1 Å². The maximum Gasteiger partial charge on any atom is 0.222 e. The number of halogens is 1. The van der Waals surface area contributed by atoms with Gasteiger partial charge in [0.2, 0.25) is 5.91 Å². The van der Waals surface area contributed by atoms with Crippen molar-refractivity contribution in [1.29, 1.82) is 0 Å². The second-order valence-electron chi connectivity index (χ2n) is 6.98. The second-order valence-corrected chi connectivity index (χ2v) is 6.98. The number of aromatic nitrogens is 2. The van der Waals surface area contributed by atoms with Crippen molar-refractivity contribution in [3.05, 3.63) is 54.1 Å². The molecule has 1 aromatic heterocycles. The molecular formula is C21H31IN6O. The second kappa shape index (κ2) is 11.8. The number of imidazole rings is 1. The summed E-state index contributed by atoms with van der Waals surface area (Å²) in [6.45, 7) is 7.58. The Kier molecular flexibility index (Phi) is 9.43. The van der Waals surface area contributed by atoms with E-state index >= 15 is 0 Å². The number of carbonyl (C=O) groups is 1. The van der Waals surface area contributed by atoms with Crippen LogP contribution in [-0.4, -0.2) is 52.0 Å². The molecule has 7 nitrogen and oxygen atoms in total. The number of guanidine groups is 1. The molecule has 0 saturated carbocycles. The molecule has 29 heavy (non-hydrogen) atoms. The number of benzene rings is 1. The van der Waals surface area contributed by atoms with Crippen LogP contribution >= 0.6 is 24.0 Å². The summed E-state index contributed by atoms with van der Waals surface area (Å²) in [4.78, 5) is 23.0. The standard InChI is InChI=1S/C21H30N6O.HI/c1-3-20(28)27-12-10-18(16-27)25-21(22-4-2)24-14-19-23-11-13-26(19)15-17-8-6-5-7-9-17;/h5-9,11,13,18H,3-4,10,12,14-16H2,1-2H3,(H2,22,24,25);1H. The molecule has 2 aromatic rings. The molecular weight excluding hydrogens is 479 g/mol. The highest BCUT2D eigenvalue weighted by Gasteiger charge is 2.25. The molecule has 0 aliphatic carbocycles. The Hall–Kier alpha value is -2.10. The number of amides is 1. The molecule has 0 radical (unpaired) electrons. The molecule has 3 rings (SSSR count). The summed E-state index contributed by atoms with van der Waals surface area (Å²) in [5.41, 5.74) is 1.24. The van der Waals surface area contributed by atoms with Gasteiger partial charge in [-0.25, -0.2) is 9.98 Å². The zero-order chi connectivity index (χ0) is 19.8. The number of nitrogens with zero attached hydrogens (tertiary/aromatic N) is 4. The van der Waals surface area contributed by atoms with Crippen LogP contribution in [0, 0.1) is 0 Å². The third-order valence-corrected chi connectivity index (χ3v) is 4.90. The van der Waals surface area contributed by atoms with Gasteiger partial charge in [-0.15, -0.1) is 24.0 Å². The lowest BCUT2D eigenvalue weighted by Crippen LogP contribution is -2.45. The SMILES string of the molecule is CCNC(=NCc1nccn1Cc1ccccc1)NC1CCN(C(=O)CC)C1.I. The molecule has 0 bridgehead atoms. The molecule has 1 aliphatic rings. The Morgan fingerprint density at radius 3 is 2.79 bits per heavy atom. The van der Waals surface area contributed by atoms with Gasteiger partial charge in [0.05, 0.1) is 0 Å². The zero-order valence-corrected chi connectivity index (χ0v) is 19.5. The number of hydrogen-bond donors (Lipinski definition) is 2. The van der Waals surface area contributed by atoms with E-state index in [4.69, 9.17) is 4.99 Å². The minimum atomic E-state index is 0. The van der Waals surface area contributed by atoms with Gasteiger partial charge in [0.15, 0.2) is 5.96 Å². The predicted molar refractivity (Wildman–Crippen MR) is 126 cm³/mol. The van der Waals surface area contributed by atoms with Crippen LogP contribution in [0.25, 0.3) is 0 Å². The first-order valence-electron chi connectivity index (χ1n) is 10.1.